The van der Waals surface area contributed by atoms with Crippen molar-refractivity contribution in [1.29, 1.82) is 0 Å². The summed E-state index contributed by atoms with van der Waals surface area (Å²) < 4.78 is 50.7. The number of carbonyl (C=O) groups is 1. The Hall–Kier alpha value is -2.65. The van der Waals surface area contributed by atoms with Crippen LogP contribution in [0.4, 0.5) is 10.1 Å². The van der Waals surface area contributed by atoms with Crippen LogP contribution in [0.25, 0.3) is 0 Å². The summed E-state index contributed by atoms with van der Waals surface area (Å²) in [5.74, 6) is -1.32. The third kappa shape index (κ3) is 4.70. The molecular weight excluding hydrogens is 363 g/mol. The maximum atomic E-state index is 13.5. The van der Waals surface area contributed by atoms with Gasteiger partial charge in [-0.3, -0.25) is 9.52 Å². The van der Waals surface area contributed by atoms with Gasteiger partial charge in [0, 0.05) is 19.7 Å². The molecule has 0 saturated heterocycles. The first-order valence-electron chi connectivity index (χ1n) is 7.61. The third-order valence-electron chi connectivity index (χ3n) is 3.44. The van der Waals surface area contributed by atoms with Crippen molar-refractivity contribution in [3.8, 4) is 5.75 Å². The summed E-state index contributed by atoms with van der Waals surface area (Å²) >= 11 is 0. The van der Waals surface area contributed by atoms with Crippen molar-refractivity contribution in [3.63, 3.8) is 0 Å². The number of methoxy groups -OCH3 is 2. The summed E-state index contributed by atoms with van der Waals surface area (Å²) in [7, 11) is -1.30. The van der Waals surface area contributed by atoms with E-state index in [1.54, 1.807) is 12.1 Å². The minimum atomic E-state index is -4.05. The Morgan fingerprint density at radius 1 is 1.15 bits per heavy atom. The van der Waals surface area contributed by atoms with Crippen LogP contribution >= 0.6 is 0 Å². The molecule has 2 rings (SSSR count). The molecule has 0 saturated carbocycles. The average Bonchev–Trinajstić information content (AvgIpc) is 2.62. The minimum absolute atomic E-state index is 0.103. The van der Waals surface area contributed by atoms with Crippen molar-refractivity contribution >= 4 is 21.6 Å². The number of amides is 1. The van der Waals surface area contributed by atoms with Crippen LogP contribution in [-0.4, -0.2) is 41.7 Å². The fraction of sp³-hybridized carbons (Fsp3) is 0.235. The Morgan fingerprint density at radius 2 is 1.88 bits per heavy atom. The summed E-state index contributed by atoms with van der Waals surface area (Å²) in [5, 5.41) is 2.62. The van der Waals surface area contributed by atoms with Gasteiger partial charge in [-0.25, -0.2) is 12.8 Å². The maximum Gasteiger partial charge on any atom is 0.262 e. The van der Waals surface area contributed by atoms with Crippen molar-refractivity contribution in [2.75, 3.05) is 32.1 Å². The highest BCUT2D eigenvalue weighted by Gasteiger charge is 2.20. The van der Waals surface area contributed by atoms with Crippen LogP contribution in [0.15, 0.2) is 47.4 Å². The second-order valence-corrected chi connectivity index (χ2v) is 6.88. The Labute approximate surface area is 151 Å². The lowest BCUT2D eigenvalue weighted by molar-refractivity contribution is 0.0938. The SMILES string of the molecule is COCCNC(=O)c1ccccc1NS(=O)(=O)c1ccc(F)c(OC)c1. The predicted octanol–water partition coefficient (Wildman–Crippen LogP) is 2.01. The van der Waals surface area contributed by atoms with Crippen LogP contribution in [0.5, 0.6) is 5.75 Å². The number of rotatable bonds is 8. The molecule has 9 heteroatoms. The molecule has 0 aromatic heterocycles. The van der Waals surface area contributed by atoms with Gasteiger partial charge in [-0.1, -0.05) is 12.1 Å². The van der Waals surface area contributed by atoms with Crippen LogP contribution in [0.2, 0.25) is 0 Å². The van der Waals surface area contributed by atoms with Gasteiger partial charge < -0.3 is 14.8 Å². The molecule has 0 bridgehead atoms. The van der Waals surface area contributed by atoms with Gasteiger partial charge in [0.25, 0.3) is 15.9 Å². The molecule has 140 valence electrons. The van der Waals surface area contributed by atoms with E-state index in [-0.39, 0.29) is 28.4 Å². The molecule has 2 aromatic rings. The quantitative estimate of drug-likeness (QED) is 0.681. The first-order chi connectivity index (χ1) is 12.4. The summed E-state index contributed by atoms with van der Waals surface area (Å²) in [6.07, 6.45) is 0. The van der Waals surface area contributed by atoms with Crippen LogP contribution < -0.4 is 14.8 Å². The zero-order valence-electron chi connectivity index (χ0n) is 14.3. The lowest BCUT2D eigenvalue weighted by Crippen LogP contribution is -2.28. The molecule has 0 atom stereocenters. The lowest BCUT2D eigenvalue weighted by Gasteiger charge is -2.13. The molecule has 0 fully saturated rings. The average molecular weight is 382 g/mol. The number of sulfonamides is 1. The van der Waals surface area contributed by atoms with E-state index >= 15 is 0 Å². The first kappa shape index (κ1) is 19.7. The van der Waals surface area contributed by atoms with Crippen molar-refractivity contribution < 1.29 is 27.1 Å². The second kappa shape index (κ2) is 8.63. The molecule has 0 spiro atoms. The van der Waals surface area contributed by atoms with Crippen LogP contribution in [0.1, 0.15) is 10.4 Å². The largest absolute Gasteiger partial charge is 0.494 e. The zero-order valence-corrected chi connectivity index (χ0v) is 15.1. The monoisotopic (exact) mass is 382 g/mol. The zero-order chi connectivity index (χ0) is 19.2. The van der Waals surface area contributed by atoms with Gasteiger partial charge in [0.2, 0.25) is 0 Å². The van der Waals surface area contributed by atoms with E-state index < -0.39 is 21.7 Å². The van der Waals surface area contributed by atoms with Crippen molar-refractivity contribution in [3.05, 3.63) is 53.8 Å². The van der Waals surface area contributed by atoms with E-state index in [4.69, 9.17) is 9.47 Å². The predicted molar refractivity (Wildman–Crippen MR) is 94.4 cm³/mol. The molecule has 7 nitrogen and oxygen atoms in total. The Bertz CT molecular complexity index is 886. The molecule has 0 aliphatic carbocycles. The lowest BCUT2D eigenvalue weighted by atomic mass is 10.2. The highest BCUT2D eigenvalue weighted by Crippen LogP contribution is 2.24. The molecule has 26 heavy (non-hydrogen) atoms. The van der Waals surface area contributed by atoms with Gasteiger partial charge in [-0.15, -0.1) is 0 Å². The molecule has 0 radical (unpaired) electrons. The van der Waals surface area contributed by atoms with Crippen molar-refractivity contribution in [1.82, 2.24) is 5.32 Å². The third-order valence-corrected chi connectivity index (χ3v) is 4.80. The molecule has 2 N–H and O–H groups in total. The molecule has 1 amide bonds. The standard InChI is InChI=1S/C17H19FN2O5S/c1-24-10-9-19-17(21)13-5-3-4-6-15(13)20-26(22,23)12-7-8-14(18)16(11-12)25-2/h3-8,11,20H,9-10H2,1-2H3,(H,19,21). The summed E-state index contributed by atoms with van der Waals surface area (Å²) in [5.41, 5.74) is 0.256. The number of hydrogen-bond acceptors (Lipinski definition) is 5. The van der Waals surface area contributed by atoms with E-state index in [9.17, 15) is 17.6 Å². The normalized spacial score (nSPS) is 11.0. The molecule has 0 heterocycles. The van der Waals surface area contributed by atoms with Gasteiger partial charge >= 0.3 is 0 Å². The van der Waals surface area contributed by atoms with Crippen LogP contribution in [0.3, 0.4) is 0 Å². The van der Waals surface area contributed by atoms with E-state index in [1.165, 1.54) is 26.4 Å². The Morgan fingerprint density at radius 3 is 2.58 bits per heavy atom. The number of hydrogen-bond donors (Lipinski definition) is 2. The number of anilines is 1. The van der Waals surface area contributed by atoms with Crippen molar-refractivity contribution in [2.45, 2.75) is 4.90 Å². The van der Waals surface area contributed by atoms with E-state index in [2.05, 4.69) is 10.0 Å². The molecule has 0 aliphatic heterocycles. The number of ether oxygens (including phenoxy) is 2. The van der Waals surface area contributed by atoms with Gasteiger partial charge in [0.05, 0.1) is 29.9 Å². The fourth-order valence-corrected chi connectivity index (χ4v) is 3.24. The summed E-state index contributed by atoms with van der Waals surface area (Å²) in [6, 6.07) is 9.34. The number of nitrogens with one attached hydrogen (secondary N) is 2. The Kier molecular flexibility index (Phi) is 6.53. The van der Waals surface area contributed by atoms with Gasteiger partial charge in [-0.2, -0.15) is 0 Å². The number of benzene rings is 2. The highest BCUT2D eigenvalue weighted by molar-refractivity contribution is 7.92. The Balaban J connectivity index is 2.28. The maximum absolute atomic E-state index is 13.5. The molecule has 0 unspecified atom stereocenters. The highest BCUT2D eigenvalue weighted by atomic mass is 32.2. The number of halogens is 1. The minimum Gasteiger partial charge on any atom is -0.494 e. The van der Waals surface area contributed by atoms with Gasteiger partial charge in [0.15, 0.2) is 11.6 Å². The summed E-state index contributed by atoms with van der Waals surface area (Å²) in [4.78, 5) is 12.0. The fourth-order valence-electron chi connectivity index (χ4n) is 2.14. The van der Waals surface area contributed by atoms with Crippen molar-refractivity contribution in [2.24, 2.45) is 0 Å². The summed E-state index contributed by atoms with van der Waals surface area (Å²) in [6.45, 7) is 0.612. The second-order valence-electron chi connectivity index (χ2n) is 5.20. The van der Waals surface area contributed by atoms with Gasteiger partial charge in [-0.05, 0) is 24.3 Å². The molecular formula is C17H19FN2O5S. The molecule has 2 aromatic carbocycles. The molecule has 0 aliphatic rings. The topological polar surface area (TPSA) is 93.7 Å². The van der Waals surface area contributed by atoms with E-state index in [0.29, 0.717) is 6.61 Å². The van der Waals surface area contributed by atoms with Crippen LogP contribution in [-0.2, 0) is 14.8 Å². The van der Waals surface area contributed by atoms with Gasteiger partial charge in [0.1, 0.15) is 0 Å². The number of carbonyl (C=O) groups excluding carboxylic acids is 1. The number of para-hydroxylation sites is 1. The van der Waals surface area contributed by atoms with E-state index in [1.807, 2.05) is 0 Å². The van der Waals surface area contributed by atoms with E-state index in [0.717, 1.165) is 18.2 Å². The van der Waals surface area contributed by atoms with Crippen LogP contribution in [0, 0.1) is 5.82 Å². The first-order valence-corrected chi connectivity index (χ1v) is 9.10. The smallest absolute Gasteiger partial charge is 0.262 e.